The van der Waals surface area contributed by atoms with Gasteiger partial charge in [0.05, 0.1) is 17.3 Å². The Hall–Kier alpha value is -2.67. The number of hydrogen-bond donors (Lipinski definition) is 1. The normalized spacial score (nSPS) is 15.5. The van der Waals surface area contributed by atoms with Crippen LogP contribution < -0.4 is 11.2 Å². The third kappa shape index (κ3) is 3.10. The number of para-hydroxylation sites is 1. The number of aromatic nitrogens is 2. The van der Waals surface area contributed by atoms with E-state index in [0.717, 1.165) is 5.56 Å². The van der Waals surface area contributed by atoms with Crippen molar-refractivity contribution in [3.8, 4) is 0 Å². The van der Waals surface area contributed by atoms with Crippen molar-refractivity contribution in [1.29, 1.82) is 0 Å². The van der Waals surface area contributed by atoms with Crippen molar-refractivity contribution in [3.05, 3.63) is 67.5 Å². The predicted octanol–water partition coefficient (Wildman–Crippen LogP) is 2.16. The molecule has 7 heteroatoms. The second-order valence-electron chi connectivity index (χ2n) is 6.57. The van der Waals surface area contributed by atoms with Crippen LogP contribution in [0.3, 0.4) is 0 Å². The summed E-state index contributed by atoms with van der Waals surface area (Å²) in [6, 6.07) is 8.82. The Morgan fingerprint density at radius 1 is 1.15 bits per heavy atom. The lowest BCUT2D eigenvalue weighted by Crippen LogP contribution is -2.45. The summed E-state index contributed by atoms with van der Waals surface area (Å²) in [6.07, 6.45) is 1.62. The summed E-state index contributed by atoms with van der Waals surface area (Å²) in [5, 5.41) is 4.47. The van der Waals surface area contributed by atoms with Crippen molar-refractivity contribution in [2.75, 3.05) is 13.1 Å². The third-order valence-corrected chi connectivity index (χ3v) is 5.69. The van der Waals surface area contributed by atoms with Crippen LogP contribution in [0.4, 0.5) is 0 Å². The van der Waals surface area contributed by atoms with Crippen LogP contribution in [0, 0.1) is 0 Å². The fraction of sp³-hybridized carbons (Fsp3) is 0.316. The molecule has 1 aliphatic rings. The molecule has 1 amide bonds. The number of piperidine rings is 1. The number of thiophene rings is 1. The van der Waals surface area contributed by atoms with Gasteiger partial charge in [0.25, 0.3) is 5.56 Å². The minimum atomic E-state index is -0.378. The van der Waals surface area contributed by atoms with E-state index in [1.807, 2.05) is 21.7 Å². The number of hydrogen-bond acceptors (Lipinski definition) is 4. The molecule has 1 aromatic carbocycles. The van der Waals surface area contributed by atoms with E-state index in [1.165, 1.54) is 4.57 Å². The second-order valence-corrected chi connectivity index (χ2v) is 7.35. The third-order valence-electron chi connectivity index (χ3n) is 4.95. The standard InChI is InChI=1S/C19H19N3O3S/c23-17(11-13-7-10-26-12-13)21-8-5-14(6-9-21)22-18(24)15-3-1-2-4-16(15)20-19(22)25/h1-4,7,10,12,14H,5-6,8-9,11H2,(H,20,25). The molecule has 0 bridgehead atoms. The molecule has 26 heavy (non-hydrogen) atoms. The van der Waals surface area contributed by atoms with E-state index in [1.54, 1.807) is 35.6 Å². The molecule has 0 spiro atoms. The average molecular weight is 369 g/mol. The van der Waals surface area contributed by atoms with Gasteiger partial charge in [0.1, 0.15) is 0 Å². The van der Waals surface area contributed by atoms with Crippen LogP contribution in [-0.4, -0.2) is 33.4 Å². The quantitative estimate of drug-likeness (QED) is 0.769. The second kappa shape index (κ2) is 6.92. The molecule has 3 heterocycles. The number of aromatic amines is 1. The van der Waals surface area contributed by atoms with E-state index in [9.17, 15) is 14.4 Å². The largest absolute Gasteiger partial charge is 0.342 e. The van der Waals surface area contributed by atoms with Gasteiger partial charge in [-0.15, -0.1) is 0 Å². The highest BCUT2D eigenvalue weighted by atomic mass is 32.1. The topological polar surface area (TPSA) is 75.2 Å². The van der Waals surface area contributed by atoms with Crippen molar-refractivity contribution in [1.82, 2.24) is 14.5 Å². The van der Waals surface area contributed by atoms with E-state index in [4.69, 9.17) is 0 Å². The first kappa shape index (κ1) is 16.8. The van der Waals surface area contributed by atoms with Gasteiger partial charge in [0.15, 0.2) is 0 Å². The zero-order valence-electron chi connectivity index (χ0n) is 14.2. The van der Waals surface area contributed by atoms with E-state index in [2.05, 4.69) is 4.98 Å². The number of fused-ring (bicyclic) bond motifs is 1. The SMILES string of the molecule is O=C(Cc1ccsc1)N1CCC(n2c(=O)[nH]c3ccccc3c2=O)CC1. The molecule has 4 rings (SSSR count). The summed E-state index contributed by atoms with van der Waals surface area (Å²) in [4.78, 5) is 42.2. The maximum absolute atomic E-state index is 12.7. The van der Waals surface area contributed by atoms with Crippen LogP contribution >= 0.6 is 11.3 Å². The van der Waals surface area contributed by atoms with E-state index >= 15 is 0 Å². The highest BCUT2D eigenvalue weighted by Gasteiger charge is 2.26. The Morgan fingerprint density at radius 2 is 1.92 bits per heavy atom. The van der Waals surface area contributed by atoms with Crippen molar-refractivity contribution >= 4 is 28.1 Å². The molecule has 2 aromatic heterocycles. The molecule has 1 aliphatic heterocycles. The summed E-state index contributed by atoms with van der Waals surface area (Å²) < 4.78 is 1.32. The lowest BCUT2D eigenvalue weighted by Gasteiger charge is -2.32. The molecular formula is C19H19N3O3S. The van der Waals surface area contributed by atoms with Crippen LogP contribution in [0.1, 0.15) is 24.4 Å². The van der Waals surface area contributed by atoms with E-state index in [-0.39, 0.29) is 23.2 Å². The van der Waals surface area contributed by atoms with Gasteiger partial charge >= 0.3 is 5.69 Å². The zero-order chi connectivity index (χ0) is 18.1. The molecular weight excluding hydrogens is 350 g/mol. The smallest absolute Gasteiger partial charge is 0.329 e. The number of nitrogens with zero attached hydrogens (tertiary/aromatic N) is 2. The van der Waals surface area contributed by atoms with Crippen LogP contribution in [0.15, 0.2) is 50.7 Å². The molecule has 0 atom stereocenters. The summed E-state index contributed by atoms with van der Waals surface area (Å²) in [7, 11) is 0. The summed E-state index contributed by atoms with van der Waals surface area (Å²) >= 11 is 1.58. The Balaban J connectivity index is 1.52. The number of amides is 1. The Bertz CT molecular complexity index is 1040. The molecule has 1 saturated heterocycles. The molecule has 0 unspecified atom stereocenters. The van der Waals surface area contributed by atoms with Crippen LogP contribution in [-0.2, 0) is 11.2 Å². The maximum Gasteiger partial charge on any atom is 0.329 e. The first-order valence-corrected chi connectivity index (χ1v) is 9.60. The Kier molecular flexibility index (Phi) is 4.46. The van der Waals surface area contributed by atoms with Gasteiger partial charge in [0, 0.05) is 19.1 Å². The number of benzene rings is 1. The lowest BCUT2D eigenvalue weighted by atomic mass is 10.0. The number of H-pyrrole nitrogens is 1. The van der Waals surface area contributed by atoms with Crippen molar-refractivity contribution < 1.29 is 4.79 Å². The van der Waals surface area contributed by atoms with Crippen molar-refractivity contribution in [2.45, 2.75) is 25.3 Å². The van der Waals surface area contributed by atoms with Gasteiger partial charge in [-0.05, 0) is 47.4 Å². The summed E-state index contributed by atoms with van der Waals surface area (Å²) in [6.45, 7) is 1.12. The van der Waals surface area contributed by atoms with Crippen molar-refractivity contribution in [2.24, 2.45) is 0 Å². The van der Waals surface area contributed by atoms with Gasteiger partial charge in [-0.25, -0.2) is 4.79 Å². The fourth-order valence-electron chi connectivity index (χ4n) is 3.56. The van der Waals surface area contributed by atoms with Gasteiger partial charge in [-0.1, -0.05) is 12.1 Å². The number of rotatable bonds is 3. The molecule has 0 aliphatic carbocycles. The zero-order valence-corrected chi connectivity index (χ0v) is 15.0. The number of carbonyl (C=O) groups excluding carboxylic acids is 1. The van der Waals surface area contributed by atoms with E-state index < -0.39 is 0 Å². The number of nitrogens with one attached hydrogen (secondary N) is 1. The lowest BCUT2D eigenvalue weighted by molar-refractivity contribution is -0.131. The van der Waals surface area contributed by atoms with Gasteiger partial charge in [0.2, 0.25) is 5.91 Å². The molecule has 0 saturated carbocycles. The number of likely N-dealkylation sites (tertiary alicyclic amines) is 1. The molecule has 3 aromatic rings. The van der Waals surface area contributed by atoms with Gasteiger partial charge in [-0.2, -0.15) is 11.3 Å². The minimum Gasteiger partial charge on any atom is -0.342 e. The average Bonchev–Trinajstić information content (AvgIpc) is 3.15. The Morgan fingerprint density at radius 3 is 2.65 bits per heavy atom. The predicted molar refractivity (Wildman–Crippen MR) is 102 cm³/mol. The monoisotopic (exact) mass is 369 g/mol. The highest BCUT2D eigenvalue weighted by molar-refractivity contribution is 7.08. The van der Waals surface area contributed by atoms with E-state index in [0.29, 0.717) is 43.3 Å². The van der Waals surface area contributed by atoms with Gasteiger partial charge < -0.3 is 9.88 Å². The maximum atomic E-state index is 12.7. The van der Waals surface area contributed by atoms with Gasteiger partial charge in [-0.3, -0.25) is 14.2 Å². The first-order chi connectivity index (χ1) is 12.6. The van der Waals surface area contributed by atoms with Crippen LogP contribution in [0.5, 0.6) is 0 Å². The molecule has 134 valence electrons. The molecule has 1 N–H and O–H groups in total. The molecule has 0 radical (unpaired) electrons. The minimum absolute atomic E-state index is 0.0987. The fourth-order valence-corrected chi connectivity index (χ4v) is 4.23. The number of carbonyl (C=O) groups is 1. The van der Waals surface area contributed by atoms with Crippen LogP contribution in [0.25, 0.3) is 10.9 Å². The first-order valence-electron chi connectivity index (χ1n) is 8.66. The summed E-state index contributed by atoms with van der Waals surface area (Å²) in [5.74, 6) is 0.0987. The summed E-state index contributed by atoms with van der Waals surface area (Å²) in [5.41, 5.74) is 0.954. The highest BCUT2D eigenvalue weighted by Crippen LogP contribution is 2.21. The van der Waals surface area contributed by atoms with Crippen molar-refractivity contribution in [3.63, 3.8) is 0 Å². The Labute approximate surface area is 153 Å². The molecule has 1 fully saturated rings. The molecule has 6 nitrogen and oxygen atoms in total. The van der Waals surface area contributed by atoms with Crippen LogP contribution in [0.2, 0.25) is 0 Å².